The van der Waals surface area contributed by atoms with Gasteiger partial charge in [-0.3, -0.25) is 4.99 Å². The molecule has 2 rings (SSSR count). The Morgan fingerprint density at radius 3 is 3.07 bits per heavy atom. The zero-order valence-corrected chi connectivity index (χ0v) is 8.91. The first kappa shape index (κ1) is 10.4. The van der Waals surface area contributed by atoms with Gasteiger partial charge < -0.3 is 14.9 Å². The zero-order valence-electron chi connectivity index (χ0n) is 8.09. The minimum Gasteiger partial charge on any atom is -0.388 e. The second-order valence-electron chi connectivity index (χ2n) is 3.64. The van der Waals surface area contributed by atoms with E-state index >= 15 is 0 Å². The molecule has 2 aliphatic rings. The smallest absolute Gasteiger partial charge is 0.133 e. The molecule has 0 radical (unpaired) electrons. The molecule has 2 heterocycles. The number of nitrogens with zero attached hydrogens (tertiary/aromatic N) is 1. The number of hydrogen-bond acceptors (Lipinski definition) is 5. The van der Waals surface area contributed by atoms with Crippen molar-refractivity contribution in [3.05, 3.63) is 0 Å². The van der Waals surface area contributed by atoms with Gasteiger partial charge in [0.05, 0.1) is 11.7 Å². The summed E-state index contributed by atoms with van der Waals surface area (Å²) >= 11 is 1.58. The topological polar surface area (TPSA) is 62.0 Å². The van der Waals surface area contributed by atoms with Gasteiger partial charge in [0.1, 0.15) is 23.7 Å². The average Bonchev–Trinajstić information content (AvgIpc) is 2.56. The number of fused-ring (bicyclic) bond motifs is 1. The molecule has 4 atom stereocenters. The van der Waals surface area contributed by atoms with Crippen LogP contribution < -0.4 is 0 Å². The van der Waals surface area contributed by atoms with Crippen molar-refractivity contribution in [1.82, 2.24) is 0 Å². The summed E-state index contributed by atoms with van der Waals surface area (Å²) in [6.07, 6.45) is 0.422. The molecule has 0 bridgehead atoms. The normalized spacial score (nSPS) is 42.1. The maximum atomic E-state index is 9.68. The summed E-state index contributed by atoms with van der Waals surface area (Å²) in [4.78, 5) is 4.38. The maximum absolute atomic E-state index is 9.68. The van der Waals surface area contributed by atoms with Crippen LogP contribution in [0.1, 0.15) is 19.8 Å². The van der Waals surface area contributed by atoms with E-state index in [-0.39, 0.29) is 18.1 Å². The van der Waals surface area contributed by atoms with Gasteiger partial charge in [0, 0.05) is 0 Å². The predicted octanol–water partition coefficient (Wildman–Crippen LogP) is 0.379. The van der Waals surface area contributed by atoms with Gasteiger partial charge >= 0.3 is 0 Å². The zero-order chi connectivity index (χ0) is 10.1. The van der Waals surface area contributed by atoms with Crippen LogP contribution in [0.2, 0.25) is 0 Å². The van der Waals surface area contributed by atoms with Gasteiger partial charge in [0.25, 0.3) is 0 Å². The third-order valence-electron chi connectivity index (χ3n) is 2.46. The third-order valence-corrected chi connectivity index (χ3v) is 3.69. The monoisotopic (exact) mass is 217 g/mol. The quantitative estimate of drug-likeness (QED) is 0.702. The first-order valence-electron chi connectivity index (χ1n) is 4.93. The molecule has 1 saturated heterocycles. The molecule has 0 amide bonds. The van der Waals surface area contributed by atoms with Crippen LogP contribution in [-0.2, 0) is 4.74 Å². The van der Waals surface area contributed by atoms with Gasteiger partial charge in [-0.1, -0.05) is 25.1 Å². The Labute approximate surface area is 87.4 Å². The fraction of sp³-hybridized carbons (Fsp3) is 0.889. The van der Waals surface area contributed by atoms with E-state index in [1.807, 2.05) is 0 Å². The van der Waals surface area contributed by atoms with Crippen LogP contribution >= 0.6 is 11.8 Å². The lowest BCUT2D eigenvalue weighted by atomic mass is 10.0. The van der Waals surface area contributed by atoms with E-state index < -0.39 is 12.2 Å². The van der Waals surface area contributed by atoms with Crippen LogP contribution in [0.5, 0.6) is 0 Å². The van der Waals surface area contributed by atoms with Crippen LogP contribution in [0.4, 0.5) is 0 Å². The Kier molecular flexibility index (Phi) is 3.11. The molecule has 0 saturated carbocycles. The molecule has 2 N–H and O–H groups in total. The summed E-state index contributed by atoms with van der Waals surface area (Å²) in [6.45, 7) is 2.31. The van der Waals surface area contributed by atoms with Crippen molar-refractivity contribution in [1.29, 1.82) is 0 Å². The van der Waals surface area contributed by atoms with Crippen molar-refractivity contribution in [2.45, 2.75) is 43.5 Å². The predicted molar refractivity (Wildman–Crippen MR) is 55.5 cm³/mol. The molecule has 0 aromatic rings. The van der Waals surface area contributed by atoms with Crippen LogP contribution in [-0.4, -0.2) is 45.5 Å². The number of aliphatic hydroxyl groups excluding tert-OH is 2. The minimum atomic E-state index is -0.790. The SMILES string of the molecule is CCCC1=NC2C(OCC(O)C2O)S1. The van der Waals surface area contributed by atoms with E-state index in [0.717, 1.165) is 17.9 Å². The lowest BCUT2D eigenvalue weighted by molar-refractivity contribution is -0.105. The molecule has 5 heteroatoms. The molecule has 14 heavy (non-hydrogen) atoms. The number of rotatable bonds is 2. The fourth-order valence-corrected chi connectivity index (χ4v) is 2.97. The van der Waals surface area contributed by atoms with Crippen molar-refractivity contribution in [3.8, 4) is 0 Å². The lowest BCUT2D eigenvalue weighted by Gasteiger charge is -2.31. The van der Waals surface area contributed by atoms with Crippen molar-refractivity contribution in [2.75, 3.05) is 6.61 Å². The molecule has 0 aromatic heterocycles. The number of thioether (sulfide) groups is 1. The summed E-state index contributed by atoms with van der Waals surface area (Å²) in [5, 5.41) is 20.1. The molecule has 0 aromatic carbocycles. The van der Waals surface area contributed by atoms with Gasteiger partial charge in [-0.2, -0.15) is 0 Å². The van der Waals surface area contributed by atoms with E-state index in [1.54, 1.807) is 11.8 Å². The van der Waals surface area contributed by atoms with E-state index in [1.165, 1.54) is 0 Å². The average molecular weight is 217 g/mol. The molecule has 80 valence electrons. The summed E-state index contributed by atoms with van der Waals surface area (Å²) in [6, 6.07) is -0.273. The van der Waals surface area contributed by atoms with Gasteiger partial charge in [-0.25, -0.2) is 0 Å². The molecule has 1 fully saturated rings. The summed E-state index contributed by atoms with van der Waals surface area (Å²) in [5.41, 5.74) is -0.0880. The Balaban J connectivity index is 2.05. The first-order valence-corrected chi connectivity index (χ1v) is 5.81. The second-order valence-corrected chi connectivity index (χ2v) is 4.81. The first-order chi connectivity index (χ1) is 6.72. The van der Waals surface area contributed by atoms with Gasteiger partial charge in [0.15, 0.2) is 0 Å². The second kappa shape index (κ2) is 4.18. The van der Waals surface area contributed by atoms with Crippen molar-refractivity contribution in [3.63, 3.8) is 0 Å². The number of hydrogen-bond donors (Lipinski definition) is 2. The van der Waals surface area contributed by atoms with Crippen LogP contribution in [0, 0.1) is 0 Å². The maximum Gasteiger partial charge on any atom is 0.133 e. The Hall–Kier alpha value is -0.100. The molecule has 0 spiro atoms. The largest absolute Gasteiger partial charge is 0.388 e. The van der Waals surface area contributed by atoms with Crippen LogP contribution in [0.15, 0.2) is 4.99 Å². The molecular formula is C9H15NO3S. The van der Waals surface area contributed by atoms with Crippen LogP contribution in [0.3, 0.4) is 0 Å². The van der Waals surface area contributed by atoms with Crippen LogP contribution in [0.25, 0.3) is 0 Å². The highest BCUT2D eigenvalue weighted by molar-refractivity contribution is 8.14. The Morgan fingerprint density at radius 2 is 2.36 bits per heavy atom. The molecule has 2 aliphatic heterocycles. The van der Waals surface area contributed by atoms with Gasteiger partial charge in [-0.15, -0.1) is 0 Å². The third kappa shape index (κ3) is 1.82. The lowest BCUT2D eigenvalue weighted by Crippen LogP contribution is -2.49. The van der Waals surface area contributed by atoms with E-state index in [4.69, 9.17) is 4.74 Å². The molecule has 0 aliphatic carbocycles. The fourth-order valence-electron chi connectivity index (χ4n) is 1.69. The number of ether oxygens (including phenoxy) is 1. The van der Waals surface area contributed by atoms with E-state index in [2.05, 4.69) is 11.9 Å². The van der Waals surface area contributed by atoms with Crippen molar-refractivity contribution >= 4 is 16.8 Å². The highest BCUT2D eigenvalue weighted by Crippen LogP contribution is 2.35. The van der Waals surface area contributed by atoms with Crippen molar-refractivity contribution < 1.29 is 14.9 Å². The summed E-state index contributed by atoms with van der Waals surface area (Å²) in [5.74, 6) is 0. The summed E-state index contributed by atoms with van der Waals surface area (Å²) < 4.78 is 5.40. The van der Waals surface area contributed by atoms with E-state index in [0.29, 0.717) is 0 Å². The van der Waals surface area contributed by atoms with Crippen molar-refractivity contribution in [2.24, 2.45) is 4.99 Å². The van der Waals surface area contributed by atoms with Gasteiger partial charge in [0.2, 0.25) is 0 Å². The minimum absolute atomic E-state index is 0.0880. The number of aliphatic hydroxyl groups is 2. The van der Waals surface area contributed by atoms with Gasteiger partial charge in [-0.05, 0) is 6.42 Å². The number of aliphatic imine (C=N–C) groups is 1. The standard InChI is InChI=1S/C9H15NO3S/c1-2-3-6-10-7-8(12)5(11)4-13-9(7)14-6/h5,7-9,11-12H,2-4H2,1H3. The Morgan fingerprint density at radius 1 is 1.57 bits per heavy atom. The Bertz CT molecular complexity index is 246. The molecule has 4 nitrogen and oxygen atoms in total. The van der Waals surface area contributed by atoms with E-state index in [9.17, 15) is 10.2 Å². The molecular weight excluding hydrogens is 202 g/mol. The highest BCUT2D eigenvalue weighted by Gasteiger charge is 2.42. The molecule has 4 unspecified atom stereocenters. The summed E-state index contributed by atoms with van der Waals surface area (Å²) in [7, 11) is 0. The highest BCUT2D eigenvalue weighted by atomic mass is 32.2.